The first-order valence-electron chi connectivity index (χ1n) is 7.88. The molecule has 2 fully saturated rings. The SMILES string of the molecule is N=C(OONC(=O)S)N(C1CCCCC1)C1CCCCC1. The Balaban J connectivity index is 1.95. The van der Waals surface area contributed by atoms with E-state index in [0.29, 0.717) is 12.1 Å². The monoisotopic (exact) mass is 315 g/mol. The molecule has 2 N–H and O–H groups in total. The quantitative estimate of drug-likeness (QED) is 0.244. The molecule has 2 aliphatic rings. The number of rotatable bonds is 4. The van der Waals surface area contributed by atoms with Crippen LogP contribution in [-0.4, -0.2) is 28.2 Å². The Hall–Kier alpha value is -0.950. The zero-order chi connectivity index (χ0) is 15.1. The van der Waals surface area contributed by atoms with E-state index in [0.717, 1.165) is 25.7 Å². The number of nitrogens with one attached hydrogen (secondary N) is 2. The highest BCUT2D eigenvalue weighted by Gasteiger charge is 2.32. The van der Waals surface area contributed by atoms with Crippen LogP contribution in [0.4, 0.5) is 4.79 Å². The number of nitrogens with zero attached hydrogens (tertiary/aromatic N) is 1. The summed E-state index contributed by atoms with van der Waals surface area (Å²) in [6, 6.07) is 0.699. The van der Waals surface area contributed by atoms with E-state index in [9.17, 15) is 4.79 Å². The molecule has 21 heavy (non-hydrogen) atoms. The fraction of sp³-hybridized carbons (Fsp3) is 0.857. The van der Waals surface area contributed by atoms with Gasteiger partial charge in [-0.05, 0) is 25.7 Å². The number of carbonyl (C=O) groups excluding carboxylic acids is 1. The predicted molar refractivity (Wildman–Crippen MR) is 83.0 cm³/mol. The van der Waals surface area contributed by atoms with Crippen LogP contribution in [0.25, 0.3) is 0 Å². The van der Waals surface area contributed by atoms with Crippen molar-refractivity contribution in [2.45, 2.75) is 76.3 Å². The lowest BCUT2D eigenvalue weighted by Crippen LogP contribution is -2.49. The van der Waals surface area contributed by atoms with Crippen molar-refractivity contribution in [3.63, 3.8) is 0 Å². The van der Waals surface area contributed by atoms with Crippen LogP contribution in [0.3, 0.4) is 0 Å². The van der Waals surface area contributed by atoms with Crippen LogP contribution in [0.2, 0.25) is 0 Å². The highest BCUT2D eigenvalue weighted by molar-refractivity contribution is 7.96. The van der Waals surface area contributed by atoms with E-state index < -0.39 is 5.24 Å². The standard InChI is InChI=1S/C14H25N3O3S/c15-13(19-20-16-14(18)21)17(11-7-3-1-4-8-11)12-9-5-2-6-10-12/h11-12,15H,1-10H2,(H2,16,18,21). The molecule has 120 valence electrons. The maximum absolute atomic E-state index is 10.7. The number of hydrogen-bond acceptors (Lipinski definition) is 4. The van der Waals surface area contributed by atoms with Crippen LogP contribution in [0.15, 0.2) is 0 Å². The van der Waals surface area contributed by atoms with Crippen molar-refractivity contribution in [1.82, 2.24) is 10.4 Å². The fourth-order valence-corrected chi connectivity index (χ4v) is 3.52. The normalized spacial score (nSPS) is 20.8. The molecule has 0 heterocycles. The van der Waals surface area contributed by atoms with Gasteiger partial charge in [0, 0.05) is 12.1 Å². The molecular weight excluding hydrogens is 290 g/mol. The minimum Gasteiger partial charge on any atom is -0.318 e. The number of amides is 1. The minimum absolute atomic E-state index is 0.00381. The van der Waals surface area contributed by atoms with Gasteiger partial charge in [-0.2, -0.15) is 5.48 Å². The van der Waals surface area contributed by atoms with Gasteiger partial charge in [0.1, 0.15) is 0 Å². The average molecular weight is 315 g/mol. The largest absolute Gasteiger partial charge is 0.325 e. The third-order valence-electron chi connectivity index (χ3n) is 4.42. The summed E-state index contributed by atoms with van der Waals surface area (Å²) < 4.78 is 0. The Labute approximate surface area is 131 Å². The summed E-state index contributed by atoms with van der Waals surface area (Å²) in [6.45, 7) is 0. The summed E-state index contributed by atoms with van der Waals surface area (Å²) in [5.74, 6) is 0. The molecule has 0 unspecified atom stereocenters. The second-order valence-electron chi connectivity index (χ2n) is 5.87. The third kappa shape index (κ3) is 5.07. The molecule has 2 rings (SSSR count). The van der Waals surface area contributed by atoms with Crippen LogP contribution in [0.5, 0.6) is 0 Å². The lowest BCUT2D eigenvalue weighted by molar-refractivity contribution is -0.266. The van der Waals surface area contributed by atoms with Crippen LogP contribution in [0.1, 0.15) is 64.2 Å². The molecule has 0 aromatic rings. The lowest BCUT2D eigenvalue weighted by Gasteiger charge is -2.41. The van der Waals surface area contributed by atoms with Crippen molar-refractivity contribution in [2.75, 3.05) is 0 Å². The summed E-state index contributed by atoms with van der Waals surface area (Å²) >= 11 is 3.52. The zero-order valence-corrected chi connectivity index (χ0v) is 13.2. The average Bonchev–Trinajstić information content (AvgIpc) is 2.49. The first kappa shape index (κ1) is 16.4. The molecule has 1 amide bonds. The first-order valence-corrected chi connectivity index (χ1v) is 8.32. The Bertz CT molecular complexity index is 337. The lowest BCUT2D eigenvalue weighted by atomic mass is 9.89. The van der Waals surface area contributed by atoms with Gasteiger partial charge in [-0.3, -0.25) is 9.68 Å². The molecule has 2 aliphatic carbocycles. The van der Waals surface area contributed by atoms with Gasteiger partial charge in [-0.15, -0.1) is 0 Å². The van der Waals surface area contributed by atoms with E-state index >= 15 is 0 Å². The summed E-state index contributed by atoms with van der Waals surface area (Å²) in [6.07, 6.45) is 11.8. The Morgan fingerprint density at radius 1 is 1.00 bits per heavy atom. The molecule has 0 saturated heterocycles. The zero-order valence-electron chi connectivity index (χ0n) is 12.3. The summed E-state index contributed by atoms with van der Waals surface area (Å²) in [5.41, 5.74) is 1.97. The van der Waals surface area contributed by atoms with Crippen molar-refractivity contribution in [1.29, 1.82) is 5.41 Å². The summed E-state index contributed by atoms with van der Waals surface area (Å²) in [7, 11) is 0. The Morgan fingerprint density at radius 3 is 1.90 bits per heavy atom. The van der Waals surface area contributed by atoms with Crippen LogP contribution >= 0.6 is 12.6 Å². The van der Waals surface area contributed by atoms with Gasteiger partial charge in [0.25, 0.3) is 0 Å². The molecule has 0 atom stereocenters. The van der Waals surface area contributed by atoms with Gasteiger partial charge in [0.2, 0.25) is 0 Å². The molecule has 2 saturated carbocycles. The number of thiol groups is 1. The molecule has 0 aliphatic heterocycles. The van der Waals surface area contributed by atoms with Gasteiger partial charge >= 0.3 is 11.3 Å². The molecule has 0 aromatic heterocycles. The summed E-state index contributed by atoms with van der Waals surface area (Å²) in [4.78, 5) is 22.3. The number of hydroxylamine groups is 1. The van der Waals surface area contributed by atoms with Gasteiger partial charge in [-0.25, -0.2) is 5.41 Å². The van der Waals surface area contributed by atoms with Gasteiger partial charge in [-0.1, -0.05) is 56.1 Å². The van der Waals surface area contributed by atoms with Crippen molar-refractivity contribution >= 4 is 23.9 Å². The number of carbonyl (C=O) groups is 1. The van der Waals surface area contributed by atoms with Crippen LogP contribution in [-0.2, 0) is 9.88 Å². The van der Waals surface area contributed by atoms with Gasteiger partial charge in [0.15, 0.2) is 0 Å². The van der Waals surface area contributed by atoms with E-state index in [1.165, 1.54) is 38.5 Å². The third-order valence-corrected chi connectivity index (χ3v) is 4.51. The molecule has 0 aromatic carbocycles. The van der Waals surface area contributed by atoms with Crippen molar-refractivity contribution in [2.24, 2.45) is 0 Å². The van der Waals surface area contributed by atoms with Crippen molar-refractivity contribution < 1.29 is 14.7 Å². The molecule has 0 spiro atoms. The highest BCUT2D eigenvalue weighted by Crippen LogP contribution is 2.30. The Morgan fingerprint density at radius 2 is 1.48 bits per heavy atom. The molecule has 0 bridgehead atoms. The fourth-order valence-electron chi connectivity index (χ4n) is 3.49. The smallest absolute Gasteiger partial charge is 0.318 e. The molecule has 0 radical (unpaired) electrons. The topological polar surface area (TPSA) is 74.6 Å². The molecular formula is C14H25N3O3S. The van der Waals surface area contributed by atoms with Crippen molar-refractivity contribution in [3.8, 4) is 0 Å². The van der Waals surface area contributed by atoms with Crippen molar-refractivity contribution in [3.05, 3.63) is 0 Å². The van der Waals surface area contributed by atoms with E-state index in [-0.39, 0.29) is 6.02 Å². The molecule has 7 heteroatoms. The Kier molecular flexibility index (Phi) is 6.63. The van der Waals surface area contributed by atoms with E-state index in [1.54, 1.807) is 0 Å². The second-order valence-corrected chi connectivity index (χ2v) is 6.28. The maximum Gasteiger partial charge on any atom is 0.325 e. The predicted octanol–water partition coefficient (Wildman–Crippen LogP) is 3.39. The van der Waals surface area contributed by atoms with Gasteiger partial charge in [0.05, 0.1) is 0 Å². The number of hydrogen-bond donors (Lipinski definition) is 3. The van der Waals surface area contributed by atoms with Crippen LogP contribution in [0, 0.1) is 5.41 Å². The van der Waals surface area contributed by atoms with Gasteiger partial charge < -0.3 is 4.90 Å². The van der Waals surface area contributed by atoms with E-state index in [4.69, 9.17) is 10.3 Å². The number of amidine groups is 1. The van der Waals surface area contributed by atoms with E-state index in [1.807, 2.05) is 5.48 Å². The highest BCUT2D eigenvalue weighted by atomic mass is 32.1. The van der Waals surface area contributed by atoms with Crippen LogP contribution < -0.4 is 5.48 Å². The second kappa shape index (κ2) is 8.48. The first-order chi connectivity index (χ1) is 10.2. The summed E-state index contributed by atoms with van der Waals surface area (Å²) in [5, 5.41) is 7.52. The van der Waals surface area contributed by atoms with E-state index in [2.05, 4.69) is 22.5 Å². The minimum atomic E-state index is -0.648. The molecule has 6 nitrogen and oxygen atoms in total. The maximum atomic E-state index is 10.7.